The van der Waals surface area contributed by atoms with E-state index in [1.807, 2.05) is 24.3 Å². The second-order valence-corrected chi connectivity index (χ2v) is 5.22. The number of hydrogen-bond donors (Lipinski definition) is 3. The first kappa shape index (κ1) is 12.3. The zero-order chi connectivity index (χ0) is 13.4. The summed E-state index contributed by atoms with van der Waals surface area (Å²) in [7, 11) is 0. The molecule has 4 heteroatoms. The second-order valence-electron chi connectivity index (χ2n) is 4.81. The number of phenols is 2. The molecule has 2 aromatic carbocycles. The summed E-state index contributed by atoms with van der Waals surface area (Å²) >= 11 is 6.26. The molecule has 0 fully saturated rings. The van der Waals surface area contributed by atoms with Crippen LogP contribution in [0.1, 0.15) is 22.7 Å². The van der Waals surface area contributed by atoms with Crippen molar-refractivity contribution in [2.24, 2.45) is 0 Å². The van der Waals surface area contributed by atoms with Crippen LogP contribution in [0.15, 0.2) is 36.4 Å². The molecule has 0 amide bonds. The van der Waals surface area contributed by atoms with E-state index in [4.69, 9.17) is 11.6 Å². The van der Waals surface area contributed by atoms with Gasteiger partial charge in [0.2, 0.25) is 0 Å². The van der Waals surface area contributed by atoms with Crippen molar-refractivity contribution in [1.82, 2.24) is 0 Å². The molecule has 1 atom stereocenters. The zero-order valence-electron chi connectivity index (χ0n) is 10.3. The van der Waals surface area contributed by atoms with Gasteiger partial charge in [0.1, 0.15) is 6.04 Å². The summed E-state index contributed by atoms with van der Waals surface area (Å²) in [5.41, 5.74) is 3.13. The Morgan fingerprint density at radius 2 is 1.79 bits per heavy atom. The molecule has 4 N–H and O–H groups in total. The maximum atomic E-state index is 9.71. The van der Waals surface area contributed by atoms with Crippen LogP contribution >= 0.6 is 11.6 Å². The minimum Gasteiger partial charge on any atom is -0.504 e. The molecule has 1 heterocycles. The largest absolute Gasteiger partial charge is 0.504 e. The van der Waals surface area contributed by atoms with Crippen molar-refractivity contribution in [2.75, 3.05) is 6.54 Å². The average Bonchev–Trinajstić information content (AvgIpc) is 2.40. The molecule has 0 saturated heterocycles. The van der Waals surface area contributed by atoms with Gasteiger partial charge < -0.3 is 15.5 Å². The van der Waals surface area contributed by atoms with Crippen molar-refractivity contribution in [3.8, 4) is 11.5 Å². The van der Waals surface area contributed by atoms with E-state index in [-0.39, 0.29) is 17.5 Å². The molecule has 0 aromatic heterocycles. The number of halogens is 1. The Morgan fingerprint density at radius 1 is 1.05 bits per heavy atom. The molecule has 0 saturated carbocycles. The number of aromatic hydroxyl groups is 2. The van der Waals surface area contributed by atoms with Gasteiger partial charge in [0.15, 0.2) is 11.5 Å². The molecule has 3 rings (SSSR count). The van der Waals surface area contributed by atoms with Crippen molar-refractivity contribution in [2.45, 2.75) is 12.5 Å². The van der Waals surface area contributed by atoms with Crippen molar-refractivity contribution in [1.29, 1.82) is 0 Å². The standard InChI is InChI=1S/C15H14ClNO2/c16-12-4-2-1-3-10(12)15-11-8-14(19)13(18)7-9(11)5-6-17-15/h1-4,7-8,15,17-19H,5-6H2/p+1/t15-/m0/s1. The lowest BCUT2D eigenvalue weighted by atomic mass is 9.89. The van der Waals surface area contributed by atoms with E-state index in [0.29, 0.717) is 0 Å². The molecule has 0 aliphatic carbocycles. The lowest BCUT2D eigenvalue weighted by Crippen LogP contribution is -2.87. The van der Waals surface area contributed by atoms with Crippen molar-refractivity contribution in [3.63, 3.8) is 0 Å². The van der Waals surface area contributed by atoms with Gasteiger partial charge in [0, 0.05) is 17.5 Å². The fraction of sp³-hybridized carbons (Fsp3) is 0.200. The van der Waals surface area contributed by atoms with Gasteiger partial charge in [-0.15, -0.1) is 0 Å². The van der Waals surface area contributed by atoms with Gasteiger partial charge in [-0.3, -0.25) is 0 Å². The number of benzene rings is 2. The van der Waals surface area contributed by atoms with Crippen molar-refractivity contribution < 1.29 is 15.5 Å². The smallest absolute Gasteiger partial charge is 0.157 e. The molecule has 98 valence electrons. The maximum absolute atomic E-state index is 9.71. The molecule has 1 aliphatic rings. The first-order chi connectivity index (χ1) is 9.16. The highest BCUT2D eigenvalue weighted by molar-refractivity contribution is 6.31. The normalized spacial score (nSPS) is 18.1. The van der Waals surface area contributed by atoms with Gasteiger partial charge in [0.25, 0.3) is 0 Å². The minimum absolute atomic E-state index is 0.0569. The summed E-state index contributed by atoms with van der Waals surface area (Å²) in [5, 5.41) is 22.2. The lowest BCUT2D eigenvalue weighted by Gasteiger charge is -2.25. The van der Waals surface area contributed by atoms with Crippen LogP contribution in [0, 0.1) is 0 Å². The third-order valence-electron chi connectivity index (χ3n) is 3.63. The topological polar surface area (TPSA) is 57.1 Å². The predicted octanol–water partition coefficient (Wildman–Crippen LogP) is 1.96. The quantitative estimate of drug-likeness (QED) is 0.698. The van der Waals surface area contributed by atoms with E-state index in [1.54, 1.807) is 12.1 Å². The number of rotatable bonds is 1. The van der Waals surface area contributed by atoms with E-state index in [2.05, 4.69) is 5.32 Å². The van der Waals surface area contributed by atoms with Crippen LogP contribution in [0.4, 0.5) is 0 Å². The molecule has 19 heavy (non-hydrogen) atoms. The molecule has 0 radical (unpaired) electrons. The van der Waals surface area contributed by atoms with E-state index in [1.165, 1.54) is 0 Å². The third-order valence-corrected chi connectivity index (χ3v) is 3.97. The number of quaternary nitrogens is 1. The second kappa shape index (κ2) is 4.76. The van der Waals surface area contributed by atoms with E-state index < -0.39 is 0 Å². The SMILES string of the molecule is Oc1cc2c(cc1O)[C@H](c1ccccc1Cl)[NH2+]CC2. The predicted molar refractivity (Wildman–Crippen MR) is 73.6 cm³/mol. The summed E-state index contributed by atoms with van der Waals surface area (Å²) in [5.74, 6) is -0.135. The highest BCUT2D eigenvalue weighted by Crippen LogP contribution is 2.35. The van der Waals surface area contributed by atoms with Gasteiger partial charge in [-0.2, -0.15) is 0 Å². The first-order valence-electron chi connectivity index (χ1n) is 6.29. The Kier molecular flexibility index (Phi) is 3.09. The number of hydrogen-bond acceptors (Lipinski definition) is 2. The van der Waals surface area contributed by atoms with Crippen LogP contribution in [0.2, 0.25) is 5.02 Å². The van der Waals surface area contributed by atoms with E-state index in [0.717, 1.165) is 34.7 Å². The fourth-order valence-electron chi connectivity index (χ4n) is 2.70. The van der Waals surface area contributed by atoms with Crippen LogP contribution in [0.25, 0.3) is 0 Å². The van der Waals surface area contributed by atoms with E-state index >= 15 is 0 Å². The Balaban J connectivity index is 2.13. The lowest BCUT2D eigenvalue weighted by molar-refractivity contribution is -0.690. The summed E-state index contributed by atoms with van der Waals surface area (Å²) in [4.78, 5) is 0. The zero-order valence-corrected chi connectivity index (χ0v) is 11.1. The van der Waals surface area contributed by atoms with Gasteiger partial charge >= 0.3 is 0 Å². The van der Waals surface area contributed by atoms with Crippen LogP contribution in [-0.2, 0) is 6.42 Å². The Labute approximate surface area is 116 Å². The van der Waals surface area contributed by atoms with Crippen molar-refractivity contribution in [3.05, 3.63) is 58.1 Å². The van der Waals surface area contributed by atoms with Crippen LogP contribution in [0.3, 0.4) is 0 Å². The minimum atomic E-state index is -0.0777. The molecular formula is C15H15ClNO2+. The van der Waals surface area contributed by atoms with Crippen molar-refractivity contribution >= 4 is 11.6 Å². The average molecular weight is 277 g/mol. The molecule has 0 bridgehead atoms. The molecule has 3 nitrogen and oxygen atoms in total. The third kappa shape index (κ3) is 2.15. The van der Waals surface area contributed by atoms with Gasteiger partial charge in [-0.05, 0) is 23.8 Å². The fourth-order valence-corrected chi connectivity index (χ4v) is 2.95. The molecule has 1 aliphatic heterocycles. The Morgan fingerprint density at radius 3 is 2.58 bits per heavy atom. The number of nitrogens with two attached hydrogens (primary N) is 1. The number of phenolic OH excluding ortho intramolecular Hbond substituents is 2. The Hall–Kier alpha value is -1.71. The summed E-state index contributed by atoms with van der Waals surface area (Å²) in [6, 6.07) is 11.1. The van der Waals surface area contributed by atoms with Crippen LogP contribution in [0.5, 0.6) is 11.5 Å². The van der Waals surface area contributed by atoms with Gasteiger partial charge in [-0.25, -0.2) is 0 Å². The highest BCUT2D eigenvalue weighted by Gasteiger charge is 2.27. The van der Waals surface area contributed by atoms with Gasteiger partial charge in [0.05, 0.1) is 11.6 Å². The highest BCUT2D eigenvalue weighted by atomic mass is 35.5. The monoisotopic (exact) mass is 276 g/mol. The van der Waals surface area contributed by atoms with Gasteiger partial charge in [-0.1, -0.05) is 29.8 Å². The Bertz CT molecular complexity index is 628. The molecular weight excluding hydrogens is 262 g/mol. The summed E-state index contributed by atoms with van der Waals surface area (Å²) < 4.78 is 0. The molecule has 0 unspecified atom stereocenters. The molecule has 2 aromatic rings. The summed E-state index contributed by atoms with van der Waals surface area (Å²) in [6.07, 6.45) is 0.879. The van der Waals surface area contributed by atoms with Crippen LogP contribution in [-0.4, -0.2) is 16.8 Å². The summed E-state index contributed by atoms with van der Waals surface area (Å²) in [6.45, 7) is 0.938. The van der Waals surface area contributed by atoms with Crippen LogP contribution < -0.4 is 5.32 Å². The van der Waals surface area contributed by atoms with E-state index in [9.17, 15) is 10.2 Å². The molecule has 0 spiro atoms. The maximum Gasteiger partial charge on any atom is 0.157 e. The first-order valence-corrected chi connectivity index (χ1v) is 6.67. The number of fused-ring (bicyclic) bond motifs is 1.